The number of nitro groups is 1. The Morgan fingerprint density at radius 3 is 2.56 bits per heavy atom. The number of aryl methyl sites for hydroxylation is 1. The Balaban J connectivity index is 3.16. The molecule has 138 valence electrons. The molecule has 25 heavy (non-hydrogen) atoms. The van der Waals surface area contributed by atoms with Crippen LogP contribution in [0.5, 0.6) is 0 Å². The Morgan fingerprint density at radius 2 is 2.08 bits per heavy atom. The van der Waals surface area contributed by atoms with Gasteiger partial charge in [-0.25, -0.2) is 0 Å². The molecule has 0 aliphatic carbocycles. The third-order valence-electron chi connectivity index (χ3n) is 4.00. The van der Waals surface area contributed by atoms with E-state index in [1.807, 2.05) is 13.8 Å². The Bertz CT molecular complexity index is 655. The van der Waals surface area contributed by atoms with Crippen molar-refractivity contribution in [2.45, 2.75) is 34.1 Å². The van der Waals surface area contributed by atoms with E-state index < -0.39 is 10.3 Å². The number of non-ortho nitro benzene ring substituents is 1. The number of benzene rings is 1. The number of nitro benzene ring substituents is 1. The molecule has 1 aromatic carbocycles. The molecule has 0 aliphatic heterocycles. The van der Waals surface area contributed by atoms with E-state index in [1.54, 1.807) is 24.8 Å². The maximum Gasteiger partial charge on any atom is 0.306 e. The predicted octanol–water partition coefficient (Wildman–Crippen LogP) is 3.20. The van der Waals surface area contributed by atoms with Gasteiger partial charge in [0.25, 0.3) is 5.69 Å². The van der Waals surface area contributed by atoms with E-state index in [0.29, 0.717) is 23.6 Å². The Morgan fingerprint density at radius 1 is 1.44 bits per heavy atom. The van der Waals surface area contributed by atoms with Gasteiger partial charge in [0.1, 0.15) is 0 Å². The highest BCUT2D eigenvalue weighted by Gasteiger charge is 2.31. The van der Waals surface area contributed by atoms with Crippen molar-refractivity contribution < 1.29 is 19.6 Å². The normalized spacial score (nSPS) is 11.1. The van der Waals surface area contributed by atoms with Gasteiger partial charge in [0, 0.05) is 35.5 Å². The molecule has 7 heteroatoms. The van der Waals surface area contributed by atoms with Gasteiger partial charge in [0.2, 0.25) is 0 Å². The highest BCUT2D eigenvalue weighted by atomic mass is 16.6. The molecule has 0 heterocycles. The van der Waals surface area contributed by atoms with Gasteiger partial charge in [0.15, 0.2) is 0 Å². The van der Waals surface area contributed by atoms with Gasteiger partial charge in [-0.1, -0.05) is 20.4 Å². The number of esters is 1. The number of carbonyl (C=O) groups excluding carboxylic acids is 1. The number of allylic oxidation sites excluding steroid dienone is 1. The molecule has 0 fully saturated rings. The number of aliphatic hydroxyl groups excluding tert-OH is 1. The van der Waals surface area contributed by atoms with Crippen molar-refractivity contribution >= 4 is 17.3 Å². The molecule has 1 aromatic rings. The van der Waals surface area contributed by atoms with Gasteiger partial charge in [-0.15, -0.1) is 0 Å². The summed E-state index contributed by atoms with van der Waals surface area (Å²) in [7, 11) is 0. The Kier molecular flexibility index (Phi) is 7.11. The van der Waals surface area contributed by atoms with Crippen LogP contribution in [0.2, 0.25) is 0 Å². The number of carbonyl (C=O) groups is 1. The molecule has 0 unspecified atom stereocenters. The number of aliphatic hydroxyl groups is 1. The van der Waals surface area contributed by atoms with E-state index >= 15 is 0 Å². The first-order valence-electron chi connectivity index (χ1n) is 8.12. The van der Waals surface area contributed by atoms with E-state index in [-0.39, 0.29) is 31.2 Å². The first-order valence-corrected chi connectivity index (χ1v) is 8.12. The van der Waals surface area contributed by atoms with Crippen LogP contribution in [0.3, 0.4) is 0 Å². The topological polar surface area (TPSA) is 92.9 Å². The molecule has 0 atom stereocenters. The molecule has 0 saturated carbocycles. The first-order chi connectivity index (χ1) is 11.6. The predicted molar refractivity (Wildman–Crippen MR) is 96.4 cm³/mol. The fourth-order valence-electron chi connectivity index (χ4n) is 2.60. The molecule has 0 spiro atoms. The van der Waals surface area contributed by atoms with Gasteiger partial charge in [-0.2, -0.15) is 0 Å². The van der Waals surface area contributed by atoms with E-state index in [2.05, 4.69) is 6.58 Å². The maximum atomic E-state index is 11.9. The van der Waals surface area contributed by atoms with Crippen molar-refractivity contribution in [1.82, 2.24) is 0 Å². The lowest BCUT2D eigenvalue weighted by Crippen LogP contribution is -2.35. The summed E-state index contributed by atoms with van der Waals surface area (Å²) < 4.78 is 5.02. The van der Waals surface area contributed by atoms with Crippen molar-refractivity contribution in [3.8, 4) is 0 Å². The molecular weight excluding hydrogens is 324 g/mol. The minimum Gasteiger partial charge on any atom is -0.466 e. The zero-order valence-electron chi connectivity index (χ0n) is 15.2. The summed E-state index contributed by atoms with van der Waals surface area (Å²) in [6, 6.07) is 4.53. The summed E-state index contributed by atoms with van der Waals surface area (Å²) in [6.45, 7) is 11.8. The lowest BCUT2D eigenvalue weighted by atomic mass is 9.85. The zero-order chi connectivity index (χ0) is 19.2. The maximum absolute atomic E-state index is 11.9. The molecule has 0 bridgehead atoms. The van der Waals surface area contributed by atoms with E-state index in [4.69, 9.17) is 4.74 Å². The molecule has 0 saturated heterocycles. The fourth-order valence-corrected chi connectivity index (χ4v) is 2.60. The summed E-state index contributed by atoms with van der Waals surface area (Å²) >= 11 is 0. The number of nitrogens with zero attached hydrogens (tertiary/aromatic N) is 2. The van der Waals surface area contributed by atoms with Crippen molar-refractivity contribution in [2.24, 2.45) is 5.41 Å². The lowest BCUT2D eigenvalue weighted by Gasteiger charge is -2.36. The second kappa shape index (κ2) is 8.62. The number of hydrogen-bond acceptors (Lipinski definition) is 6. The number of anilines is 1. The molecule has 7 nitrogen and oxygen atoms in total. The van der Waals surface area contributed by atoms with Crippen LogP contribution in [0.1, 0.15) is 32.8 Å². The number of hydrogen-bond donors (Lipinski definition) is 1. The quantitative estimate of drug-likeness (QED) is 0.418. The summed E-state index contributed by atoms with van der Waals surface area (Å²) in [4.78, 5) is 24.1. The van der Waals surface area contributed by atoms with Crippen LogP contribution in [0.4, 0.5) is 11.4 Å². The highest BCUT2D eigenvalue weighted by Crippen LogP contribution is 2.36. The second-order valence-corrected chi connectivity index (χ2v) is 6.42. The summed E-state index contributed by atoms with van der Waals surface area (Å²) in [6.07, 6.45) is 0.146. The monoisotopic (exact) mass is 350 g/mol. The molecule has 0 aromatic heterocycles. The minimum absolute atomic E-state index is 0.00148. The third-order valence-corrected chi connectivity index (χ3v) is 4.00. The SMILES string of the molecule is C=C(N(CCO)c1ccc([N+](=O)[O-])cc1C)C(C)(C)CC(=O)OCC. The molecule has 1 rings (SSSR count). The van der Waals surface area contributed by atoms with Crippen molar-refractivity contribution in [1.29, 1.82) is 0 Å². The van der Waals surface area contributed by atoms with Crippen LogP contribution in [-0.4, -0.2) is 35.8 Å². The van der Waals surface area contributed by atoms with Crippen molar-refractivity contribution in [2.75, 3.05) is 24.7 Å². The molecule has 0 amide bonds. The largest absolute Gasteiger partial charge is 0.466 e. The van der Waals surface area contributed by atoms with Crippen LogP contribution in [0.15, 0.2) is 30.5 Å². The summed E-state index contributed by atoms with van der Waals surface area (Å²) in [5.74, 6) is -0.321. The standard InChI is InChI=1S/C18H26N2O5/c1-6-25-17(22)12-18(4,5)14(3)19(9-10-21)16-8-7-15(20(23)24)11-13(16)2/h7-8,11,21H,3,6,9-10,12H2,1-2,4-5H3. The first kappa shape index (κ1) is 20.6. The van der Waals surface area contributed by atoms with Gasteiger partial charge in [0.05, 0.1) is 24.6 Å². The van der Waals surface area contributed by atoms with Gasteiger partial charge < -0.3 is 14.7 Å². The van der Waals surface area contributed by atoms with Gasteiger partial charge >= 0.3 is 5.97 Å². The fraction of sp³-hybridized carbons (Fsp3) is 0.500. The van der Waals surface area contributed by atoms with Crippen LogP contribution >= 0.6 is 0 Å². The van der Waals surface area contributed by atoms with E-state index in [1.165, 1.54) is 12.1 Å². The number of rotatable bonds is 9. The highest BCUT2D eigenvalue weighted by molar-refractivity contribution is 5.71. The third kappa shape index (κ3) is 5.29. The lowest BCUT2D eigenvalue weighted by molar-refractivity contribution is -0.384. The van der Waals surface area contributed by atoms with Crippen LogP contribution in [0, 0.1) is 22.5 Å². The van der Waals surface area contributed by atoms with Gasteiger partial charge in [-0.3, -0.25) is 14.9 Å². The van der Waals surface area contributed by atoms with Crippen LogP contribution in [-0.2, 0) is 9.53 Å². The average Bonchev–Trinajstić information content (AvgIpc) is 2.51. The summed E-state index contributed by atoms with van der Waals surface area (Å²) in [5, 5.41) is 20.3. The van der Waals surface area contributed by atoms with Crippen LogP contribution < -0.4 is 4.90 Å². The van der Waals surface area contributed by atoms with E-state index in [9.17, 15) is 20.0 Å². The Labute approximate surface area is 148 Å². The molecule has 1 N–H and O–H groups in total. The minimum atomic E-state index is -0.602. The summed E-state index contributed by atoms with van der Waals surface area (Å²) in [5.41, 5.74) is 1.43. The Hall–Kier alpha value is -2.41. The van der Waals surface area contributed by atoms with Crippen molar-refractivity contribution in [3.05, 3.63) is 46.2 Å². The second-order valence-electron chi connectivity index (χ2n) is 6.42. The number of ether oxygens (including phenoxy) is 1. The zero-order valence-corrected chi connectivity index (χ0v) is 15.2. The average molecular weight is 350 g/mol. The van der Waals surface area contributed by atoms with Crippen LogP contribution in [0.25, 0.3) is 0 Å². The van der Waals surface area contributed by atoms with Crippen molar-refractivity contribution in [3.63, 3.8) is 0 Å². The van der Waals surface area contributed by atoms with E-state index in [0.717, 1.165) is 0 Å². The smallest absolute Gasteiger partial charge is 0.306 e. The molecular formula is C18H26N2O5. The van der Waals surface area contributed by atoms with Gasteiger partial charge in [-0.05, 0) is 25.5 Å². The molecule has 0 aliphatic rings. The molecule has 0 radical (unpaired) electrons.